The van der Waals surface area contributed by atoms with Crippen molar-refractivity contribution < 1.29 is 31.2 Å². The lowest BCUT2D eigenvalue weighted by Crippen LogP contribution is -2.53. The molecule has 39 heavy (non-hydrogen) atoms. The first-order valence-electron chi connectivity index (χ1n) is 11.9. The fraction of sp³-hybridized carbons (Fsp3) is 0.440. The summed E-state index contributed by atoms with van der Waals surface area (Å²) in [5.74, 6) is -1.37. The Kier molecular flexibility index (Phi) is 11.4. The average Bonchev–Trinajstić information content (AvgIpc) is 2.83. The molecule has 0 heterocycles. The maximum Gasteiger partial charge on any atom is 0.416 e. The summed E-state index contributed by atoms with van der Waals surface area (Å²) in [5, 5.41) is 2.90. The normalized spacial score (nSPS) is 13.5. The van der Waals surface area contributed by atoms with Crippen molar-refractivity contribution in [1.29, 1.82) is 0 Å². The molecule has 14 heteroatoms. The summed E-state index contributed by atoms with van der Waals surface area (Å²) in [6.45, 7) is 4.10. The summed E-state index contributed by atoms with van der Waals surface area (Å²) >= 11 is 18.7. The number of anilines is 1. The van der Waals surface area contributed by atoms with Crippen LogP contribution in [0.25, 0.3) is 0 Å². The number of nitrogens with zero attached hydrogens (tertiary/aromatic N) is 2. The van der Waals surface area contributed by atoms with Gasteiger partial charge in [0, 0.05) is 28.2 Å². The Bertz CT molecular complexity index is 1290. The highest BCUT2D eigenvalue weighted by Crippen LogP contribution is 2.36. The van der Waals surface area contributed by atoms with Crippen molar-refractivity contribution in [2.24, 2.45) is 0 Å². The molecule has 0 saturated heterocycles. The molecule has 2 aromatic rings. The highest BCUT2D eigenvalue weighted by molar-refractivity contribution is 7.92. The van der Waals surface area contributed by atoms with Gasteiger partial charge in [0.1, 0.15) is 12.6 Å². The number of rotatable bonds is 11. The number of hydrogen-bond donors (Lipinski definition) is 1. The van der Waals surface area contributed by atoms with Crippen LogP contribution in [-0.2, 0) is 32.3 Å². The van der Waals surface area contributed by atoms with Gasteiger partial charge in [-0.1, -0.05) is 54.7 Å². The van der Waals surface area contributed by atoms with Crippen molar-refractivity contribution in [2.75, 3.05) is 17.1 Å². The van der Waals surface area contributed by atoms with Crippen molar-refractivity contribution in [1.82, 2.24) is 10.2 Å². The lowest BCUT2D eigenvalue weighted by Gasteiger charge is -2.34. The van der Waals surface area contributed by atoms with Crippen molar-refractivity contribution in [3.05, 3.63) is 62.6 Å². The number of amides is 2. The van der Waals surface area contributed by atoms with Crippen molar-refractivity contribution in [3.8, 4) is 0 Å². The first-order chi connectivity index (χ1) is 18.0. The van der Waals surface area contributed by atoms with E-state index < -0.39 is 51.9 Å². The summed E-state index contributed by atoms with van der Waals surface area (Å²) in [6, 6.07) is 5.53. The molecule has 0 saturated carbocycles. The number of carbonyl (C=O) groups excluding carboxylic acids is 2. The monoisotopic (exact) mass is 629 g/mol. The third-order valence-electron chi connectivity index (χ3n) is 6.00. The van der Waals surface area contributed by atoms with Crippen LogP contribution in [0.4, 0.5) is 18.9 Å². The number of hydrogen-bond acceptors (Lipinski definition) is 4. The van der Waals surface area contributed by atoms with Gasteiger partial charge in [0.25, 0.3) is 0 Å². The van der Waals surface area contributed by atoms with Gasteiger partial charge in [0.15, 0.2) is 0 Å². The Hall–Kier alpha value is -2.21. The molecule has 2 atom stereocenters. The quantitative estimate of drug-likeness (QED) is 0.323. The predicted molar refractivity (Wildman–Crippen MR) is 148 cm³/mol. The molecular weight excluding hydrogens is 602 g/mol. The van der Waals surface area contributed by atoms with Crippen molar-refractivity contribution in [2.45, 2.75) is 58.4 Å². The molecule has 1 N–H and O–H groups in total. The SMILES string of the molecule is CC[C@@H](C)NC(=O)[C@@H](CC)N(Cc1c(Cl)cccc1Cl)C(=O)CN(c1cc(C(F)(F)F)ccc1Cl)S(C)(=O)=O. The van der Waals surface area contributed by atoms with Crippen LogP contribution in [0.1, 0.15) is 44.7 Å². The van der Waals surface area contributed by atoms with Crippen LogP contribution < -0.4 is 9.62 Å². The van der Waals surface area contributed by atoms with Crippen molar-refractivity contribution >= 4 is 62.3 Å². The lowest BCUT2D eigenvalue weighted by atomic mass is 10.1. The number of sulfonamides is 1. The first kappa shape index (κ1) is 33.0. The second kappa shape index (κ2) is 13.4. The van der Waals surface area contributed by atoms with Crippen LogP contribution >= 0.6 is 34.8 Å². The summed E-state index contributed by atoms with van der Waals surface area (Å²) < 4.78 is 66.1. The number of benzene rings is 2. The molecule has 0 bridgehead atoms. The van der Waals surface area contributed by atoms with E-state index in [0.29, 0.717) is 28.4 Å². The molecule has 7 nitrogen and oxygen atoms in total. The van der Waals surface area contributed by atoms with Gasteiger partial charge in [-0.05, 0) is 50.1 Å². The van der Waals surface area contributed by atoms with E-state index in [4.69, 9.17) is 34.8 Å². The minimum atomic E-state index is -4.79. The Morgan fingerprint density at radius 2 is 1.59 bits per heavy atom. The zero-order valence-corrected chi connectivity index (χ0v) is 24.7. The van der Waals surface area contributed by atoms with Gasteiger partial charge in [-0.15, -0.1) is 0 Å². The summed E-state index contributed by atoms with van der Waals surface area (Å²) in [5.41, 5.74) is -1.37. The van der Waals surface area contributed by atoms with Crippen LogP contribution in [0.3, 0.4) is 0 Å². The topological polar surface area (TPSA) is 86.8 Å². The number of nitrogens with one attached hydrogen (secondary N) is 1. The molecule has 216 valence electrons. The highest BCUT2D eigenvalue weighted by Gasteiger charge is 2.35. The van der Waals surface area contributed by atoms with Crippen LogP contribution in [0.2, 0.25) is 15.1 Å². The zero-order chi connectivity index (χ0) is 29.7. The van der Waals surface area contributed by atoms with Gasteiger partial charge in [0.2, 0.25) is 21.8 Å². The lowest BCUT2D eigenvalue weighted by molar-refractivity contribution is -0.140. The van der Waals surface area contributed by atoms with E-state index in [0.717, 1.165) is 17.2 Å². The zero-order valence-electron chi connectivity index (χ0n) is 21.7. The van der Waals surface area contributed by atoms with E-state index in [2.05, 4.69) is 5.32 Å². The van der Waals surface area contributed by atoms with E-state index in [-0.39, 0.29) is 34.1 Å². The summed E-state index contributed by atoms with van der Waals surface area (Å²) in [4.78, 5) is 28.0. The van der Waals surface area contributed by atoms with Gasteiger partial charge in [-0.25, -0.2) is 8.42 Å². The molecule has 2 aromatic carbocycles. The van der Waals surface area contributed by atoms with Gasteiger partial charge >= 0.3 is 6.18 Å². The highest BCUT2D eigenvalue weighted by atomic mass is 35.5. The number of halogens is 6. The third-order valence-corrected chi connectivity index (χ3v) is 8.15. The molecule has 0 aliphatic rings. The number of alkyl halides is 3. The fourth-order valence-corrected chi connectivity index (χ4v) is 5.33. The Morgan fingerprint density at radius 1 is 1.00 bits per heavy atom. The summed E-state index contributed by atoms with van der Waals surface area (Å²) in [6.07, 6.45) is -3.30. The molecular formula is C25H29Cl3F3N3O4S. The Labute approximate surface area is 241 Å². The molecule has 0 fully saturated rings. The second-order valence-electron chi connectivity index (χ2n) is 8.90. The van der Waals surface area contributed by atoms with Gasteiger partial charge < -0.3 is 10.2 Å². The number of carbonyl (C=O) groups is 2. The van der Waals surface area contributed by atoms with E-state index in [1.165, 1.54) is 12.1 Å². The van der Waals surface area contributed by atoms with E-state index in [9.17, 15) is 31.2 Å². The molecule has 0 aliphatic heterocycles. The van der Waals surface area contributed by atoms with Gasteiger partial charge in [-0.2, -0.15) is 13.2 Å². The molecule has 2 amide bonds. The molecule has 0 spiro atoms. The Balaban J connectivity index is 2.60. The van der Waals surface area contributed by atoms with Crippen LogP contribution in [0.5, 0.6) is 0 Å². The van der Waals surface area contributed by atoms with Crippen LogP contribution in [-0.4, -0.2) is 50.0 Å². The van der Waals surface area contributed by atoms with Gasteiger partial charge in [-0.3, -0.25) is 13.9 Å². The molecule has 0 unspecified atom stereocenters. The molecule has 0 aliphatic carbocycles. The largest absolute Gasteiger partial charge is 0.416 e. The third kappa shape index (κ3) is 8.64. The minimum absolute atomic E-state index is 0.138. The molecule has 0 aromatic heterocycles. The molecule has 2 rings (SSSR count). The smallest absolute Gasteiger partial charge is 0.352 e. The first-order valence-corrected chi connectivity index (χ1v) is 14.9. The molecule has 0 radical (unpaired) electrons. The standard InChI is InChI=1S/C25H29Cl3F3N3O4S/c1-5-15(3)32-24(36)21(6-2)33(13-17-18(26)8-7-9-19(17)27)23(35)14-34(39(4,37)38)22-12-16(25(29,30)31)10-11-20(22)28/h7-12,15,21H,5-6,13-14H2,1-4H3,(H,32,36)/t15-,21-/m1/s1. The van der Waals surface area contributed by atoms with Crippen LogP contribution in [0.15, 0.2) is 36.4 Å². The van der Waals surface area contributed by atoms with Gasteiger partial charge in [0.05, 0.1) is 22.5 Å². The minimum Gasteiger partial charge on any atom is -0.352 e. The summed E-state index contributed by atoms with van der Waals surface area (Å²) in [7, 11) is -4.31. The van der Waals surface area contributed by atoms with E-state index in [1.807, 2.05) is 6.92 Å². The van der Waals surface area contributed by atoms with Crippen LogP contribution in [0, 0.1) is 0 Å². The van der Waals surface area contributed by atoms with E-state index in [1.54, 1.807) is 19.9 Å². The second-order valence-corrected chi connectivity index (χ2v) is 12.0. The van der Waals surface area contributed by atoms with Crippen molar-refractivity contribution in [3.63, 3.8) is 0 Å². The predicted octanol–water partition coefficient (Wildman–Crippen LogP) is 6.15. The Morgan fingerprint density at radius 3 is 2.08 bits per heavy atom. The fourth-order valence-electron chi connectivity index (χ4n) is 3.69. The average molecular weight is 631 g/mol. The maximum atomic E-state index is 13.7. The maximum absolute atomic E-state index is 13.7. The van der Waals surface area contributed by atoms with E-state index >= 15 is 0 Å².